The molecule has 0 aliphatic heterocycles. The van der Waals surface area contributed by atoms with E-state index in [2.05, 4.69) is 25.9 Å². The Kier molecular flexibility index (Phi) is 3.93. The molecule has 0 saturated heterocycles. The van der Waals surface area contributed by atoms with Crippen LogP contribution in [-0.2, 0) is 6.61 Å². The molecule has 0 fully saturated rings. The largest absolute Gasteiger partial charge is 0.392 e. The van der Waals surface area contributed by atoms with Crippen LogP contribution in [-0.4, -0.2) is 15.1 Å². The van der Waals surface area contributed by atoms with Crippen molar-refractivity contribution in [2.45, 2.75) is 16.5 Å². The van der Waals surface area contributed by atoms with Crippen LogP contribution >= 0.6 is 27.7 Å². The number of benzene rings is 1. The summed E-state index contributed by atoms with van der Waals surface area (Å²) in [6.45, 7) is 0.0285. The maximum absolute atomic E-state index is 9.23. The Bertz CT molecular complexity index is 479. The molecule has 2 rings (SSSR count). The molecule has 0 aliphatic rings. The van der Waals surface area contributed by atoms with Crippen molar-refractivity contribution in [1.29, 1.82) is 0 Å². The van der Waals surface area contributed by atoms with Crippen molar-refractivity contribution in [3.05, 3.63) is 46.8 Å². The van der Waals surface area contributed by atoms with E-state index in [1.807, 2.05) is 24.3 Å². The van der Waals surface area contributed by atoms with Gasteiger partial charge < -0.3 is 5.11 Å². The van der Waals surface area contributed by atoms with Crippen molar-refractivity contribution < 1.29 is 5.11 Å². The third-order valence-corrected chi connectivity index (χ3v) is 3.51. The van der Waals surface area contributed by atoms with Crippen LogP contribution in [0, 0.1) is 0 Å². The summed E-state index contributed by atoms with van der Waals surface area (Å²) in [5.41, 5.74) is 0.895. The first kappa shape index (κ1) is 11.6. The molecule has 0 amide bonds. The maximum Gasteiger partial charge on any atom is 0.116 e. The highest BCUT2D eigenvalue weighted by atomic mass is 79.9. The van der Waals surface area contributed by atoms with Crippen LogP contribution in [0.4, 0.5) is 0 Å². The van der Waals surface area contributed by atoms with E-state index in [1.54, 1.807) is 6.20 Å². The van der Waals surface area contributed by atoms with Gasteiger partial charge >= 0.3 is 0 Å². The molecule has 16 heavy (non-hydrogen) atoms. The molecule has 0 spiro atoms. The van der Waals surface area contributed by atoms with E-state index < -0.39 is 0 Å². The molecule has 0 radical (unpaired) electrons. The van der Waals surface area contributed by atoms with Crippen molar-refractivity contribution in [2.75, 3.05) is 0 Å². The van der Waals surface area contributed by atoms with Crippen LogP contribution in [0.25, 0.3) is 0 Å². The molecule has 0 bridgehead atoms. The Morgan fingerprint density at radius 1 is 1.31 bits per heavy atom. The quantitative estimate of drug-likeness (QED) is 0.885. The van der Waals surface area contributed by atoms with Crippen LogP contribution < -0.4 is 0 Å². The van der Waals surface area contributed by atoms with Gasteiger partial charge in [0.05, 0.1) is 6.61 Å². The molecular weight excluding hydrogens is 288 g/mol. The van der Waals surface area contributed by atoms with Crippen LogP contribution in [0.2, 0.25) is 0 Å². The van der Waals surface area contributed by atoms with Crippen molar-refractivity contribution in [3.63, 3.8) is 0 Å². The molecule has 0 aliphatic carbocycles. The summed E-state index contributed by atoms with van der Waals surface area (Å²) < 4.78 is 0.987. The molecule has 82 valence electrons. The average Bonchev–Trinajstić information content (AvgIpc) is 2.31. The SMILES string of the molecule is OCc1ccc(Br)cc1Sc1ccncn1. The second-order valence-corrected chi connectivity index (χ2v) is 5.04. The van der Waals surface area contributed by atoms with E-state index >= 15 is 0 Å². The summed E-state index contributed by atoms with van der Waals surface area (Å²) in [6, 6.07) is 7.62. The summed E-state index contributed by atoms with van der Waals surface area (Å²) in [7, 11) is 0. The highest BCUT2D eigenvalue weighted by Crippen LogP contribution is 2.31. The lowest BCUT2D eigenvalue weighted by atomic mass is 10.2. The van der Waals surface area contributed by atoms with E-state index in [0.717, 1.165) is 20.0 Å². The van der Waals surface area contributed by atoms with Gasteiger partial charge in [0, 0.05) is 15.6 Å². The number of aliphatic hydroxyl groups excluding tert-OH is 1. The number of hydrogen-bond donors (Lipinski definition) is 1. The smallest absolute Gasteiger partial charge is 0.116 e. The third-order valence-electron chi connectivity index (χ3n) is 1.97. The minimum absolute atomic E-state index is 0.0285. The van der Waals surface area contributed by atoms with Gasteiger partial charge in [-0.3, -0.25) is 0 Å². The van der Waals surface area contributed by atoms with Gasteiger partial charge in [0.15, 0.2) is 0 Å². The van der Waals surface area contributed by atoms with E-state index in [0.29, 0.717) is 0 Å². The highest BCUT2D eigenvalue weighted by Gasteiger charge is 2.05. The molecule has 5 heteroatoms. The van der Waals surface area contributed by atoms with Crippen molar-refractivity contribution >= 4 is 27.7 Å². The van der Waals surface area contributed by atoms with E-state index in [4.69, 9.17) is 0 Å². The van der Waals surface area contributed by atoms with Gasteiger partial charge in [-0.15, -0.1) is 0 Å². The van der Waals surface area contributed by atoms with E-state index in [9.17, 15) is 5.11 Å². The van der Waals surface area contributed by atoms with Crippen LogP contribution in [0.5, 0.6) is 0 Å². The molecule has 1 aromatic carbocycles. The van der Waals surface area contributed by atoms with Gasteiger partial charge in [-0.2, -0.15) is 0 Å². The Hall–Kier alpha value is -0.910. The van der Waals surface area contributed by atoms with Crippen LogP contribution in [0.1, 0.15) is 5.56 Å². The van der Waals surface area contributed by atoms with E-state index in [1.165, 1.54) is 18.1 Å². The van der Waals surface area contributed by atoms with Crippen molar-refractivity contribution in [3.8, 4) is 0 Å². The first-order valence-corrected chi connectivity index (χ1v) is 6.23. The van der Waals surface area contributed by atoms with Gasteiger partial charge in [0.1, 0.15) is 11.4 Å². The van der Waals surface area contributed by atoms with Crippen molar-refractivity contribution in [1.82, 2.24) is 9.97 Å². The van der Waals surface area contributed by atoms with Crippen molar-refractivity contribution in [2.24, 2.45) is 0 Å². The van der Waals surface area contributed by atoms with Gasteiger partial charge in [-0.1, -0.05) is 33.8 Å². The fraction of sp³-hybridized carbons (Fsp3) is 0.0909. The number of nitrogens with zero attached hydrogens (tertiary/aromatic N) is 2. The summed E-state index contributed by atoms with van der Waals surface area (Å²) >= 11 is 4.92. The Labute approximate surface area is 106 Å². The second-order valence-electron chi connectivity index (χ2n) is 3.06. The number of hydrogen-bond acceptors (Lipinski definition) is 4. The molecule has 0 saturated carbocycles. The third kappa shape index (κ3) is 2.81. The summed E-state index contributed by atoms with van der Waals surface area (Å²) in [6.07, 6.45) is 3.21. The lowest BCUT2D eigenvalue weighted by Crippen LogP contribution is -1.88. The lowest BCUT2D eigenvalue weighted by Gasteiger charge is -2.06. The summed E-state index contributed by atoms with van der Waals surface area (Å²) in [5.74, 6) is 0. The number of aromatic nitrogens is 2. The van der Waals surface area contributed by atoms with Gasteiger partial charge in [0.25, 0.3) is 0 Å². The molecule has 1 heterocycles. The second kappa shape index (κ2) is 5.43. The maximum atomic E-state index is 9.23. The minimum Gasteiger partial charge on any atom is -0.392 e. The fourth-order valence-electron chi connectivity index (χ4n) is 1.21. The topological polar surface area (TPSA) is 46.0 Å². The van der Waals surface area contributed by atoms with Gasteiger partial charge in [-0.05, 0) is 23.8 Å². The normalized spacial score (nSPS) is 10.4. The molecular formula is C11H9BrN2OS. The molecule has 1 N–H and O–H groups in total. The highest BCUT2D eigenvalue weighted by molar-refractivity contribution is 9.10. The molecule has 3 nitrogen and oxygen atoms in total. The Balaban J connectivity index is 2.30. The first-order chi connectivity index (χ1) is 7.79. The lowest BCUT2D eigenvalue weighted by molar-refractivity contribution is 0.279. The minimum atomic E-state index is 0.0285. The number of halogens is 1. The zero-order valence-electron chi connectivity index (χ0n) is 8.30. The summed E-state index contributed by atoms with van der Waals surface area (Å²) in [5, 5.41) is 10.1. The van der Waals surface area contributed by atoms with Gasteiger partial charge in [0.2, 0.25) is 0 Å². The first-order valence-electron chi connectivity index (χ1n) is 4.63. The number of aliphatic hydroxyl groups is 1. The molecule has 1 aromatic heterocycles. The predicted octanol–water partition coefficient (Wildman–Crippen LogP) is 2.88. The van der Waals surface area contributed by atoms with E-state index in [-0.39, 0.29) is 6.61 Å². The van der Waals surface area contributed by atoms with Crippen LogP contribution in [0.3, 0.4) is 0 Å². The Morgan fingerprint density at radius 3 is 2.88 bits per heavy atom. The van der Waals surface area contributed by atoms with Crippen LogP contribution in [0.15, 0.2) is 51.2 Å². The predicted molar refractivity (Wildman–Crippen MR) is 66.2 cm³/mol. The van der Waals surface area contributed by atoms with Gasteiger partial charge in [-0.25, -0.2) is 9.97 Å². The average molecular weight is 297 g/mol. The molecule has 0 unspecified atom stereocenters. The Morgan fingerprint density at radius 2 is 2.19 bits per heavy atom. The molecule has 2 aromatic rings. The standard InChI is InChI=1S/C11H9BrN2OS/c12-9-2-1-8(6-15)10(5-9)16-11-3-4-13-7-14-11/h1-5,7,15H,6H2. The number of rotatable bonds is 3. The zero-order valence-corrected chi connectivity index (χ0v) is 10.7. The fourth-order valence-corrected chi connectivity index (χ4v) is 2.62. The zero-order chi connectivity index (χ0) is 11.4. The molecule has 0 atom stereocenters. The summed E-state index contributed by atoms with van der Waals surface area (Å²) in [4.78, 5) is 8.99. The monoisotopic (exact) mass is 296 g/mol.